The summed E-state index contributed by atoms with van der Waals surface area (Å²) in [5.41, 5.74) is 6.77. The van der Waals surface area contributed by atoms with Gasteiger partial charge in [0.15, 0.2) is 0 Å². The van der Waals surface area contributed by atoms with Gasteiger partial charge in [-0.2, -0.15) is 0 Å². The number of halogens is 1. The minimum absolute atomic E-state index is 0.0826. The first kappa shape index (κ1) is 12.9. The quantitative estimate of drug-likeness (QED) is 0.861. The lowest BCUT2D eigenvalue weighted by atomic mass is 10.2. The lowest BCUT2D eigenvalue weighted by molar-refractivity contribution is 0.0794. The van der Waals surface area contributed by atoms with E-state index in [4.69, 9.17) is 5.73 Å². The van der Waals surface area contributed by atoms with Gasteiger partial charge in [0.25, 0.3) is 5.91 Å². The van der Waals surface area contributed by atoms with E-state index in [0.717, 1.165) is 34.1 Å². The number of nitrogens with zero attached hydrogens (tertiary/aromatic N) is 1. The van der Waals surface area contributed by atoms with Gasteiger partial charge in [-0.1, -0.05) is 22.9 Å². The van der Waals surface area contributed by atoms with Crippen molar-refractivity contribution in [2.45, 2.75) is 13.3 Å². The Bertz CT molecular complexity index is 652. The average molecular weight is 339 g/mol. The van der Waals surface area contributed by atoms with Crippen molar-refractivity contribution in [3.05, 3.63) is 27.5 Å². The van der Waals surface area contributed by atoms with E-state index in [2.05, 4.69) is 22.9 Å². The molecule has 1 saturated heterocycles. The molecule has 1 unspecified atom stereocenters. The van der Waals surface area contributed by atoms with Crippen LogP contribution in [-0.4, -0.2) is 23.9 Å². The van der Waals surface area contributed by atoms with Crippen LogP contribution < -0.4 is 5.73 Å². The van der Waals surface area contributed by atoms with E-state index in [0.29, 0.717) is 16.5 Å². The Labute approximate surface area is 124 Å². The van der Waals surface area contributed by atoms with E-state index >= 15 is 0 Å². The first-order chi connectivity index (χ1) is 9.06. The molecule has 2 heterocycles. The molecule has 1 atom stereocenters. The summed E-state index contributed by atoms with van der Waals surface area (Å²) in [5, 5.41) is 0.968. The van der Waals surface area contributed by atoms with Crippen molar-refractivity contribution in [3.8, 4) is 0 Å². The normalized spacial score (nSPS) is 19.3. The van der Waals surface area contributed by atoms with Crippen LogP contribution in [0, 0.1) is 5.92 Å². The van der Waals surface area contributed by atoms with Gasteiger partial charge in [-0.3, -0.25) is 4.79 Å². The van der Waals surface area contributed by atoms with Crippen molar-refractivity contribution >= 4 is 48.9 Å². The molecule has 100 valence electrons. The van der Waals surface area contributed by atoms with Gasteiger partial charge in [-0.25, -0.2) is 0 Å². The molecule has 1 fully saturated rings. The summed E-state index contributed by atoms with van der Waals surface area (Å²) >= 11 is 4.93. The molecule has 0 spiro atoms. The molecule has 1 aromatic carbocycles. The highest BCUT2D eigenvalue weighted by molar-refractivity contribution is 9.10. The number of rotatable bonds is 1. The summed E-state index contributed by atoms with van der Waals surface area (Å²) in [4.78, 5) is 15.1. The van der Waals surface area contributed by atoms with Gasteiger partial charge in [-0.15, -0.1) is 11.3 Å². The van der Waals surface area contributed by atoms with Gasteiger partial charge >= 0.3 is 0 Å². The summed E-state index contributed by atoms with van der Waals surface area (Å²) < 4.78 is 2.05. The highest BCUT2D eigenvalue weighted by atomic mass is 79.9. The standard InChI is InChI=1S/C14H15BrN2OS/c1-8-4-5-17(7-8)14(18)13-12(16)10-6-9(15)2-3-11(10)19-13/h2-3,6,8H,4-5,7,16H2,1H3. The number of nitrogens with two attached hydrogens (primary N) is 1. The summed E-state index contributed by atoms with van der Waals surface area (Å²) in [6.45, 7) is 3.87. The minimum atomic E-state index is 0.0826. The van der Waals surface area contributed by atoms with Crippen molar-refractivity contribution in [1.29, 1.82) is 0 Å². The molecule has 3 nitrogen and oxygen atoms in total. The van der Waals surface area contributed by atoms with Crippen LogP contribution in [0.2, 0.25) is 0 Å². The summed E-state index contributed by atoms with van der Waals surface area (Å²) in [6, 6.07) is 5.96. The molecular formula is C14H15BrN2OS. The molecule has 2 N–H and O–H groups in total. The number of hydrogen-bond donors (Lipinski definition) is 1. The van der Waals surface area contributed by atoms with Crippen LogP contribution in [0.25, 0.3) is 10.1 Å². The molecule has 2 aromatic rings. The van der Waals surface area contributed by atoms with Crippen molar-refractivity contribution in [3.63, 3.8) is 0 Å². The van der Waals surface area contributed by atoms with E-state index in [9.17, 15) is 4.79 Å². The number of thiophene rings is 1. The molecule has 19 heavy (non-hydrogen) atoms. The van der Waals surface area contributed by atoms with Crippen LogP contribution >= 0.6 is 27.3 Å². The third-order valence-electron chi connectivity index (χ3n) is 3.59. The van der Waals surface area contributed by atoms with Gasteiger partial charge in [0.05, 0.1) is 5.69 Å². The number of benzene rings is 1. The molecule has 0 radical (unpaired) electrons. The van der Waals surface area contributed by atoms with Gasteiger partial charge in [0.1, 0.15) is 4.88 Å². The molecule has 1 aliphatic rings. The predicted molar refractivity (Wildman–Crippen MR) is 83.6 cm³/mol. The number of carbonyl (C=O) groups is 1. The van der Waals surface area contributed by atoms with Crippen molar-refractivity contribution < 1.29 is 4.79 Å². The van der Waals surface area contributed by atoms with Gasteiger partial charge in [-0.05, 0) is 30.5 Å². The zero-order valence-electron chi connectivity index (χ0n) is 10.6. The topological polar surface area (TPSA) is 46.3 Å². The Hall–Kier alpha value is -1.07. The Kier molecular flexibility index (Phi) is 3.27. The Balaban J connectivity index is 2.01. The molecule has 1 aromatic heterocycles. The monoisotopic (exact) mass is 338 g/mol. The number of nitrogen functional groups attached to an aromatic ring is 1. The number of likely N-dealkylation sites (tertiary alicyclic amines) is 1. The van der Waals surface area contributed by atoms with E-state index < -0.39 is 0 Å². The van der Waals surface area contributed by atoms with Crippen molar-refractivity contribution in [2.24, 2.45) is 5.92 Å². The molecule has 0 saturated carbocycles. The molecular weight excluding hydrogens is 324 g/mol. The highest BCUT2D eigenvalue weighted by Crippen LogP contribution is 2.36. The lowest BCUT2D eigenvalue weighted by Crippen LogP contribution is -2.28. The summed E-state index contributed by atoms with van der Waals surface area (Å²) in [6.07, 6.45) is 1.09. The number of hydrogen-bond acceptors (Lipinski definition) is 3. The Morgan fingerprint density at radius 1 is 1.53 bits per heavy atom. The maximum absolute atomic E-state index is 12.5. The number of fused-ring (bicyclic) bond motifs is 1. The smallest absolute Gasteiger partial charge is 0.266 e. The third kappa shape index (κ3) is 2.25. The molecule has 5 heteroatoms. The van der Waals surface area contributed by atoms with E-state index in [1.165, 1.54) is 11.3 Å². The molecule has 1 aliphatic heterocycles. The van der Waals surface area contributed by atoms with Gasteiger partial charge in [0.2, 0.25) is 0 Å². The number of amides is 1. The molecule has 0 aliphatic carbocycles. The van der Waals surface area contributed by atoms with Crippen molar-refractivity contribution in [1.82, 2.24) is 4.90 Å². The van der Waals surface area contributed by atoms with E-state index in [-0.39, 0.29) is 5.91 Å². The summed E-state index contributed by atoms with van der Waals surface area (Å²) in [7, 11) is 0. The fourth-order valence-corrected chi connectivity index (χ4v) is 3.94. The highest BCUT2D eigenvalue weighted by Gasteiger charge is 2.27. The molecule has 3 rings (SSSR count). The van der Waals surface area contributed by atoms with Gasteiger partial charge in [0, 0.05) is 27.6 Å². The average Bonchev–Trinajstić information content (AvgIpc) is 2.94. The summed E-state index contributed by atoms with van der Waals surface area (Å²) in [5.74, 6) is 0.674. The predicted octanol–water partition coefficient (Wildman–Crippen LogP) is 3.73. The second-order valence-electron chi connectivity index (χ2n) is 5.13. The molecule has 0 bridgehead atoms. The first-order valence-electron chi connectivity index (χ1n) is 6.33. The van der Waals surface area contributed by atoms with Crippen molar-refractivity contribution in [2.75, 3.05) is 18.8 Å². The van der Waals surface area contributed by atoms with E-state index in [1.807, 2.05) is 23.1 Å². The zero-order chi connectivity index (χ0) is 13.6. The zero-order valence-corrected chi connectivity index (χ0v) is 13.1. The minimum Gasteiger partial charge on any atom is -0.397 e. The van der Waals surface area contributed by atoms with Crippen LogP contribution in [0.15, 0.2) is 22.7 Å². The van der Waals surface area contributed by atoms with Crippen LogP contribution in [0.1, 0.15) is 23.0 Å². The Morgan fingerprint density at radius 3 is 3.00 bits per heavy atom. The van der Waals surface area contributed by atoms with Crippen LogP contribution in [-0.2, 0) is 0 Å². The largest absolute Gasteiger partial charge is 0.397 e. The maximum atomic E-state index is 12.5. The fraction of sp³-hybridized carbons (Fsp3) is 0.357. The molecule has 1 amide bonds. The number of anilines is 1. The SMILES string of the molecule is CC1CCN(C(=O)c2sc3ccc(Br)cc3c2N)C1. The Morgan fingerprint density at radius 2 is 2.32 bits per heavy atom. The van der Waals surface area contributed by atoms with Crippen LogP contribution in [0.5, 0.6) is 0 Å². The maximum Gasteiger partial charge on any atom is 0.266 e. The van der Waals surface area contributed by atoms with E-state index in [1.54, 1.807) is 0 Å². The third-order valence-corrected chi connectivity index (χ3v) is 5.26. The van der Waals surface area contributed by atoms with Gasteiger partial charge < -0.3 is 10.6 Å². The van der Waals surface area contributed by atoms with Crippen LogP contribution in [0.3, 0.4) is 0 Å². The fourth-order valence-electron chi connectivity index (χ4n) is 2.51. The second-order valence-corrected chi connectivity index (χ2v) is 7.10. The first-order valence-corrected chi connectivity index (χ1v) is 7.94. The number of carbonyl (C=O) groups excluding carboxylic acids is 1. The lowest BCUT2D eigenvalue weighted by Gasteiger charge is -2.14. The second kappa shape index (κ2) is 4.80. The van der Waals surface area contributed by atoms with Crippen LogP contribution in [0.4, 0.5) is 5.69 Å².